The maximum absolute atomic E-state index is 6.02. The third-order valence-corrected chi connectivity index (χ3v) is 3.52. The number of nitrogens with zero attached hydrogens (tertiary/aromatic N) is 1. The van der Waals surface area contributed by atoms with E-state index in [2.05, 4.69) is 17.1 Å². The first-order chi connectivity index (χ1) is 8.19. The fourth-order valence-corrected chi connectivity index (χ4v) is 2.75. The van der Waals surface area contributed by atoms with Crippen molar-refractivity contribution in [3.8, 4) is 0 Å². The molecule has 2 nitrogen and oxygen atoms in total. The highest BCUT2D eigenvalue weighted by atomic mass is 35.5. The Morgan fingerprint density at radius 1 is 1.29 bits per heavy atom. The van der Waals surface area contributed by atoms with Gasteiger partial charge in [0.25, 0.3) is 0 Å². The molecule has 1 aromatic carbocycles. The molecule has 4 heteroatoms. The minimum absolute atomic E-state index is 0.590. The molecule has 0 saturated carbocycles. The Morgan fingerprint density at radius 3 is 2.65 bits per heavy atom. The van der Waals surface area contributed by atoms with E-state index in [0.717, 1.165) is 25.3 Å². The highest BCUT2D eigenvalue weighted by molar-refractivity contribution is 6.35. The highest BCUT2D eigenvalue weighted by Crippen LogP contribution is 2.27. The van der Waals surface area contributed by atoms with Gasteiger partial charge >= 0.3 is 0 Å². The molecule has 1 N–H and O–H groups in total. The molecule has 2 rings (SSSR count). The summed E-state index contributed by atoms with van der Waals surface area (Å²) in [5.74, 6) is 0. The Balaban J connectivity index is 1.99. The summed E-state index contributed by atoms with van der Waals surface area (Å²) in [5, 5.41) is 4.96. The number of nitrogens with one attached hydrogen (secondary N) is 1. The van der Waals surface area contributed by atoms with Crippen LogP contribution in [0, 0.1) is 0 Å². The van der Waals surface area contributed by atoms with E-state index in [1.54, 1.807) is 6.07 Å². The Morgan fingerprint density at radius 2 is 2.00 bits per heavy atom. The molecule has 0 bridgehead atoms. The van der Waals surface area contributed by atoms with E-state index in [1.807, 2.05) is 12.1 Å². The molecule has 1 aliphatic heterocycles. The Bertz CT molecular complexity index is 361. The maximum Gasteiger partial charge on any atom is 0.0441 e. The van der Waals surface area contributed by atoms with Crippen molar-refractivity contribution in [3.63, 3.8) is 0 Å². The molecule has 1 unspecified atom stereocenters. The van der Waals surface area contributed by atoms with Gasteiger partial charge in [-0.2, -0.15) is 0 Å². The van der Waals surface area contributed by atoms with Crippen LogP contribution in [0.2, 0.25) is 10.0 Å². The van der Waals surface area contributed by atoms with Crippen molar-refractivity contribution in [1.29, 1.82) is 0 Å². The van der Waals surface area contributed by atoms with Crippen molar-refractivity contribution in [1.82, 2.24) is 5.32 Å². The second kappa shape index (κ2) is 5.94. The third-order valence-electron chi connectivity index (χ3n) is 3.08. The van der Waals surface area contributed by atoms with Crippen LogP contribution >= 0.6 is 23.2 Å². The normalized spacial score (nSPS) is 19.9. The van der Waals surface area contributed by atoms with Crippen LogP contribution < -0.4 is 10.2 Å². The van der Waals surface area contributed by atoms with Gasteiger partial charge in [0.15, 0.2) is 0 Å². The van der Waals surface area contributed by atoms with Gasteiger partial charge in [-0.15, -0.1) is 0 Å². The van der Waals surface area contributed by atoms with E-state index in [1.165, 1.54) is 12.8 Å². The molecule has 1 fully saturated rings. The molecule has 0 radical (unpaired) electrons. The second-order valence-electron chi connectivity index (χ2n) is 4.51. The maximum atomic E-state index is 6.02. The van der Waals surface area contributed by atoms with Crippen LogP contribution in [0.5, 0.6) is 0 Å². The monoisotopic (exact) mass is 272 g/mol. The zero-order valence-corrected chi connectivity index (χ0v) is 11.6. The van der Waals surface area contributed by atoms with Crippen LogP contribution in [0.25, 0.3) is 0 Å². The molecule has 0 aromatic heterocycles. The lowest BCUT2D eigenvalue weighted by Crippen LogP contribution is -2.32. The summed E-state index contributed by atoms with van der Waals surface area (Å²) in [6, 6.07) is 6.33. The summed E-state index contributed by atoms with van der Waals surface area (Å²) in [6.07, 6.45) is 2.36. The summed E-state index contributed by atoms with van der Waals surface area (Å²) in [4.78, 5) is 2.34. The Kier molecular flexibility index (Phi) is 4.55. The Hall–Kier alpha value is -0.440. The second-order valence-corrected chi connectivity index (χ2v) is 5.39. The number of hydrogen-bond donors (Lipinski definition) is 1. The van der Waals surface area contributed by atoms with Crippen LogP contribution in [0.1, 0.15) is 19.8 Å². The SMILES string of the molecule is CCCNC1CCN(c2cc(Cl)cc(Cl)c2)C1. The topological polar surface area (TPSA) is 15.3 Å². The number of hydrogen-bond acceptors (Lipinski definition) is 2. The van der Waals surface area contributed by atoms with Gasteiger partial charge in [-0.05, 0) is 37.6 Å². The quantitative estimate of drug-likeness (QED) is 0.902. The molecule has 0 amide bonds. The molecular weight excluding hydrogens is 255 g/mol. The van der Waals surface area contributed by atoms with Gasteiger partial charge in [0.2, 0.25) is 0 Å². The fraction of sp³-hybridized carbons (Fsp3) is 0.538. The zero-order valence-electron chi connectivity index (χ0n) is 10.0. The molecule has 17 heavy (non-hydrogen) atoms. The van der Waals surface area contributed by atoms with Crippen molar-refractivity contribution in [2.45, 2.75) is 25.8 Å². The fourth-order valence-electron chi connectivity index (χ4n) is 2.23. The molecule has 1 aromatic rings. The molecule has 0 spiro atoms. The summed E-state index contributed by atoms with van der Waals surface area (Å²) in [5.41, 5.74) is 1.13. The van der Waals surface area contributed by atoms with Gasteiger partial charge in [-0.25, -0.2) is 0 Å². The number of rotatable bonds is 4. The van der Waals surface area contributed by atoms with Gasteiger partial charge in [0, 0.05) is 34.9 Å². The predicted molar refractivity (Wildman–Crippen MR) is 75.4 cm³/mol. The molecule has 0 aliphatic carbocycles. The average Bonchev–Trinajstić information content (AvgIpc) is 2.73. The lowest BCUT2D eigenvalue weighted by atomic mass is 10.2. The molecule has 1 aliphatic rings. The van der Waals surface area contributed by atoms with E-state index < -0.39 is 0 Å². The largest absolute Gasteiger partial charge is 0.370 e. The standard InChI is InChI=1S/C13H18Cl2N2/c1-2-4-16-12-3-5-17(9-12)13-7-10(14)6-11(15)8-13/h6-8,12,16H,2-5,9H2,1H3. The van der Waals surface area contributed by atoms with E-state index in [9.17, 15) is 0 Å². The van der Waals surface area contributed by atoms with Crippen LogP contribution in [0.15, 0.2) is 18.2 Å². The minimum atomic E-state index is 0.590. The van der Waals surface area contributed by atoms with Crippen LogP contribution in [0.3, 0.4) is 0 Å². The minimum Gasteiger partial charge on any atom is -0.370 e. The van der Waals surface area contributed by atoms with Crippen molar-refractivity contribution in [2.24, 2.45) is 0 Å². The summed E-state index contributed by atoms with van der Waals surface area (Å²) >= 11 is 12.0. The van der Waals surface area contributed by atoms with E-state index in [0.29, 0.717) is 16.1 Å². The van der Waals surface area contributed by atoms with Gasteiger partial charge in [0.05, 0.1) is 0 Å². The van der Waals surface area contributed by atoms with Crippen molar-refractivity contribution in [2.75, 3.05) is 24.5 Å². The van der Waals surface area contributed by atoms with Gasteiger partial charge in [-0.3, -0.25) is 0 Å². The third kappa shape index (κ3) is 3.51. The summed E-state index contributed by atoms with van der Waals surface area (Å²) < 4.78 is 0. The first-order valence-electron chi connectivity index (χ1n) is 6.13. The van der Waals surface area contributed by atoms with Gasteiger partial charge in [-0.1, -0.05) is 30.1 Å². The van der Waals surface area contributed by atoms with Gasteiger partial charge in [0.1, 0.15) is 0 Å². The van der Waals surface area contributed by atoms with E-state index >= 15 is 0 Å². The van der Waals surface area contributed by atoms with Crippen molar-refractivity contribution in [3.05, 3.63) is 28.2 Å². The van der Waals surface area contributed by atoms with Crippen LogP contribution in [-0.4, -0.2) is 25.7 Å². The molecular formula is C13H18Cl2N2. The molecule has 94 valence electrons. The predicted octanol–water partition coefficient (Wildman–Crippen LogP) is 3.57. The first kappa shape index (κ1) is 13.0. The van der Waals surface area contributed by atoms with Crippen LogP contribution in [-0.2, 0) is 0 Å². The number of anilines is 1. The molecule has 1 atom stereocenters. The van der Waals surface area contributed by atoms with E-state index in [4.69, 9.17) is 23.2 Å². The smallest absolute Gasteiger partial charge is 0.0441 e. The average molecular weight is 273 g/mol. The summed E-state index contributed by atoms with van der Waals surface area (Å²) in [6.45, 7) is 5.39. The molecule has 1 heterocycles. The molecule has 1 saturated heterocycles. The zero-order chi connectivity index (χ0) is 12.3. The van der Waals surface area contributed by atoms with Crippen molar-refractivity contribution >= 4 is 28.9 Å². The number of benzene rings is 1. The Labute approximate surface area is 113 Å². The lowest BCUT2D eigenvalue weighted by molar-refractivity contribution is 0.549. The van der Waals surface area contributed by atoms with Crippen molar-refractivity contribution < 1.29 is 0 Å². The van der Waals surface area contributed by atoms with Gasteiger partial charge < -0.3 is 10.2 Å². The number of halogens is 2. The highest BCUT2D eigenvalue weighted by Gasteiger charge is 2.22. The lowest BCUT2D eigenvalue weighted by Gasteiger charge is -2.19. The van der Waals surface area contributed by atoms with Crippen LogP contribution in [0.4, 0.5) is 5.69 Å². The first-order valence-corrected chi connectivity index (χ1v) is 6.89. The summed E-state index contributed by atoms with van der Waals surface area (Å²) in [7, 11) is 0. The van der Waals surface area contributed by atoms with E-state index in [-0.39, 0.29) is 0 Å².